The Morgan fingerprint density at radius 3 is 2.33 bits per heavy atom. The molecule has 5 heteroatoms. The Bertz CT molecular complexity index is 1040. The van der Waals surface area contributed by atoms with Crippen molar-refractivity contribution in [3.8, 4) is 28.5 Å². The Morgan fingerprint density at radius 2 is 1.67 bits per heavy atom. The number of aromatic nitrogens is 4. The number of hydrogen-bond donors (Lipinski definition) is 3. The van der Waals surface area contributed by atoms with Crippen LogP contribution in [-0.4, -0.2) is 25.3 Å². The van der Waals surface area contributed by atoms with Crippen molar-refractivity contribution in [3.63, 3.8) is 0 Å². The molecule has 0 spiro atoms. The maximum atomic E-state index is 10.6. The monoisotopic (exact) mass is 362 g/mol. The lowest BCUT2D eigenvalue weighted by Gasteiger charge is -2.18. The van der Waals surface area contributed by atoms with Gasteiger partial charge in [-0.2, -0.15) is 5.10 Å². The summed E-state index contributed by atoms with van der Waals surface area (Å²) in [4.78, 5) is 7.87. The van der Waals surface area contributed by atoms with E-state index in [1.165, 1.54) is 5.56 Å². The number of aromatic hydroxyl groups is 1. The zero-order chi connectivity index (χ0) is 19.6. The summed E-state index contributed by atoms with van der Waals surface area (Å²) >= 11 is 0. The third-order valence-electron chi connectivity index (χ3n) is 4.37. The lowest BCUT2D eigenvalue weighted by molar-refractivity contribution is 0.479. The number of rotatable bonds is 2. The Balaban J connectivity index is 0.00000102. The quantitative estimate of drug-likeness (QED) is 0.431. The van der Waals surface area contributed by atoms with Gasteiger partial charge in [-0.3, -0.25) is 5.10 Å². The average molecular weight is 362 g/mol. The summed E-state index contributed by atoms with van der Waals surface area (Å²) in [5, 5.41) is 17.7. The fraction of sp³-hybridized carbons (Fsp3) is 0.273. The van der Waals surface area contributed by atoms with E-state index in [-0.39, 0.29) is 11.2 Å². The first-order valence-corrected chi connectivity index (χ1v) is 9.27. The topological polar surface area (TPSA) is 77.6 Å². The van der Waals surface area contributed by atoms with Gasteiger partial charge in [0.05, 0.1) is 11.0 Å². The number of aromatic amines is 2. The zero-order valence-electron chi connectivity index (χ0n) is 16.5. The van der Waals surface area contributed by atoms with Crippen LogP contribution >= 0.6 is 0 Å². The van der Waals surface area contributed by atoms with E-state index in [0.717, 1.165) is 16.6 Å². The highest BCUT2D eigenvalue weighted by Crippen LogP contribution is 2.35. The van der Waals surface area contributed by atoms with Crippen molar-refractivity contribution in [3.05, 3.63) is 54.1 Å². The molecule has 0 atom stereocenters. The van der Waals surface area contributed by atoms with E-state index in [0.29, 0.717) is 17.2 Å². The van der Waals surface area contributed by atoms with E-state index in [1.54, 1.807) is 0 Å². The molecule has 0 fully saturated rings. The predicted octanol–water partition coefficient (Wildman–Crippen LogP) is 5.65. The summed E-state index contributed by atoms with van der Waals surface area (Å²) < 4.78 is 0. The molecule has 5 nitrogen and oxygen atoms in total. The van der Waals surface area contributed by atoms with Gasteiger partial charge in [-0.15, -0.1) is 0 Å². The first kappa shape index (κ1) is 18.7. The number of benzene rings is 2. The minimum atomic E-state index is 0.0655. The number of nitrogens with zero attached hydrogens (tertiary/aromatic N) is 2. The largest absolute Gasteiger partial charge is 0.504 e. The second kappa shape index (κ2) is 7.27. The summed E-state index contributed by atoms with van der Waals surface area (Å²) in [6, 6.07) is 15.8. The molecule has 0 bridgehead atoms. The van der Waals surface area contributed by atoms with Crippen molar-refractivity contribution < 1.29 is 5.11 Å². The summed E-state index contributed by atoms with van der Waals surface area (Å²) in [6.07, 6.45) is 0. The first-order chi connectivity index (χ1) is 12.9. The van der Waals surface area contributed by atoms with Gasteiger partial charge in [0.25, 0.3) is 0 Å². The molecule has 4 aromatic rings. The highest BCUT2D eigenvalue weighted by Gasteiger charge is 2.19. The van der Waals surface area contributed by atoms with Crippen LogP contribution in [0, 0.1) is 0 Å². The molecule has 27 heavy (non-hydrogen) atoms. The van der Waals surface area contributed by atoms with Crippen LogP contribution < -0.4 is 0 Å². The maximum Gasteiger partial charge on any atom is 0.172 e. The molecule has 2 aromatic heterocycles. The summed E-state index contributed by atoms with van der Waals surface area (Å²) in [5.74, 6) is 0.676. The van der Waals surface area contributed by atoms with Gasteiger partial charge in [-0.05, 0) is 23.1 Å². The van der Waals surface area contributed by atoms with Crippen molar-refractivity contribution in [2.24, 2.45) is 0 Å². The molecule has 0 aliphatic carbocycles. The molecular weight excluding hydrogens is 336 g/mol. The summed E-state index contributed by atoms with van der Waals surface area (Å²) in [7, 11) is 0. The van der Waals surface area contributed by atoms with Gasteiger partial charge in [0.2, 0.25) is 0 Å². The molecule has 3 N–H and O–H groups in total. The molecule has 0 saturated carbocycles. The number of fused-ring (bicyclic) bond motifs is 1. The fourth-order valence-electron chi connectivity index (χ4n) is 2.89. The Morgan fingerprint density at radius 1 is 0.963 bits per heavy atom. The minimum Gasteiger partial charge on any atom is -0.504 e. The molecule has 0 radical (unpaired) electrons. The summed E-state index contributed by atoms with van der Waals surface area (Å²) in [5.41, 5.74) is 4.97. The summed E-state index contributed by atoms with van der Waals surface area (Å²) in [6.45, 7) is 10.5. The van der Waals surface area contributed by atoms with Crippen LogP contribution in [0.15, 0.2) is 48.5 Å². The molecule has 0 aliphatic rings. The van der Waals surface area contributed by atoms with Crippen molar-refractivity contribution in [2.45, 2.75) is 40.0 Å². The highest BCUT2D eigenvalue weighted by atomic mass is 16.3. The third kappa shape index (κ3) is 3.58. The lowest BCUT2D eigenvalue weighted by atomic mass is 9.87. The Kier molecular flexibility index (Phi) is 5.04. The van der Waals surface area contributed by atoms with Gasteiger partial charge in [-0.1, -0.05) is 71.0 Å². The van der Waals surface area contributed by atoms with E-state index in [4.69, 9.17) is 0 Å². The van der Waals surface area contributed by atoms with Crippen LogP contribution in [0.25, 0.3) is 33.8 Å². The molecular formula is C22H26N4O. The van der Waals surface area contributed by atoms with Gasteiger partial charge in [-0.25, -0.2) is 4.98 Å². The third-order valence-corrected chi connectivity index (χ3v) is 4.37. The average Bonchev–Trinajstić information content (AvgIpc) is 3.25. The van der Waals surface area contributed by atoms with Crippen LogP contribution in [-0.2, 0) is 5.41 Å². The van der Waals surface area contributed by atoms with E-state index in [2.05, 4.69) is 53.1 Å². The first-order valence-electron chi connectivity index (χ1n) is 9.27. The normalized spacial score (nSPS) is 11.3. The van der Waals surface area contributed by atoms with Gasteiger partial charge in [0, 0.05) is 5.56 Å². The lowest BCUT2D eigenvalue weighted by Crippen LogP contribution is -2.10. The van der Waals surface area contributed by atoms with Crippen LogP contribution in [0.5, 0.6) is 5.75 Å². The van der Waals surface area contributed by atoms with E-state index < -0.39 is 0 Å². The number of imidazole rings is 1. The van der Waals surface area contributed by atoms with Crippen molar-refractivity contribution in [1.29, 1.82) is 0 Å². The SMILES string of the molecule is CC.CC(C)(C)c1ccc2nc(-c3[nH]nc(-c4ccccc4)c3O)[nH]c2c1. The molecule has 0 saturated heterocycles. The standard InChI is InChI=1S/C20H20N4O.C2H6/c1-20(2,3)13-9-10-14-15(11-13)22-19(21-14)17-18(25)16(23-24-17)12-7-5-4-6-8-12;1-2/h4-11,25H,1-3H3,(H,21,22)(H,23,24);1-2H3. The van der Waals surface area contributed by atoms with Crippen molar-refractivity contribution in [2.75, 3.05) is 0 Å². The maximum absolute atomic E-state index is 10.6. The molecule has 4 rings (SSSR count). The molecule has 0 aliphatic heterocycles. The number of H-pyrrole nitrogens is 2. The minimum absolute atomic E-state index is 0.0655. The molecule has 0 unspecified atom stereocenters. The van der Waals surface area contributed by atoms with Gasteiger partial charge < -0.3 is 10.1 Å². The zero-order valence-corrected chi connectivity index (χ0v) is 16.5. The molecule has 2 aromatic carbocycles. The van der Waals surface area contributed by atoms with Crippen LogP contribution in [0.3, 0.4) is 0 Å². The molecule has 0 amide bonds. The molecule has 2 heterocycles. The van der Waals surface area contributed by atoms with Crippen LogP contribution in [0.4, 0.5) is 0 Å². The van der Waals surface area contributed by atoms with Crippen LogP contribution in [0.1, 0.15) is 40.2 Å². The van der Waals surface area contributed by atoms with E-state index >= 15 is 0 Å². The van der Waals surface area contributed by atoms with E-state index in [1.807, 2.05) is 50.2 Å². The smallest absolute Gasteiger partial charge is 0.172 e. The Labute approximate surface area is 159 Å². The van der Waals surface area contributed by atoms with Crippen molar-refractivity contribution >= 4 is 11.0 Å². The molecule has 140 valence electrons. The predicted molar refractivity (Wildman–Crippen MR) is 111 cm³/mol. The van der Waals surface area contributed by atoms with Crippen LogP contribution in [0.2, 0.25) is 0 Å². The number of hydrogen-bond acceptors (Lipinski definition) is 3. The number of nitrogens with one attached hydrogen (secondary N) is 2. The highest BCUT2D eigenvalue weighted by molar-refractivity contribution is 5.82. The Hall–Kier alpha value is -3.08. The van der Waals surface area contributed by atoms with Gasteiger partial charge in [0.15, 0.2) is 11.6 Å². The second-order valence-electron chi connectivity index (χ2n) is 7.23. The fourth-order valence-corrected chi connectivity index (χ4v) is 2.89. The van der Waals surface area contributed by atoms with Gasteiger partial charge >= 0.3 is 0 Å². The van der Waals surface area contributed by atoms with Gasteiger partial charge in [0.1, 0.15) is 11.4 Å². The van der Waals surface area contributed by atoms with Crippen molar-refractivity contribution in [1.82, 2.24) is 20.2 Å². The van der Waals surface area contributed by atoms with E-state index in [9.17, 15) is 5.11 Å². The second-order valence-corrected chi connectivity index (χ2v) is 7.23.